The minimum absolute atomic E-state index is 0.325. The first kappa shape index (κ1) is 12.0. The smallest absolute Gasteiger partial charge is 0.124 e. The first-order valence-electron chi connectivity index (χ1n) is 5.83. The largest absolute Gasteiger partial charge is 0.381 e. The predicted octanol–water partition coefficient (Wildman–Crippen LogP) is 3.97. The Morgan fingerprint density at radius 1 is 1.21 bits per heavy atom. The fraction of sp³-hybridized carbons (Fsp3) is 0.0714. The van der Waals surface area contributed by atoms with Gasteiger partial charge in [-0.05, 0) is 35.9 Å². The van der Waals surface area contributed by atoms with Crippen LogP contribution >= 0.6 is 11.6 Å². The van der Waals surface area contributed by atoms with Crippen LogP contribution in [0.4, 0.5) is 10.1 Å². The summed E-state index contributed by atoms with van der Waals surface area (Å²) >= 11 is 5.98. The van der Waals surface area contributed by atoms with Crippen LogP contribution in [0.3, 0.4) is 0 Å². The van der Waals surface area contributed by atoms with Crippen molar-refractivity contribution in [2.45, 2.75) is 6.54 Å². The Morgan fingerprint density at radius 3 is 2.95 bits per heavy atom. The highest BCUT2D eigenvalue weighted by Gasteiger charge is 2.03. The molecule has 3 aromatic rings. The van der Waals surface area contributed by atoms with E-state index in [0.29, 0.717) is 11.6 Å². The zero-order valence-electron chi connectivity index (χ0n) is 9.95. The number of hydrogen-bond donors (Lipinski definition) is 2. The van der Waals surface area contributed by atoms with Gasteiger partial charge in [0.05, 0.1) is 11.7 Å². The van der Waals surface area contributed by atoms with Crippen LogP contribution in [-0.4, -0.2) is 10.2 Å². The van der Waals surface area contributed by atoms with Gasteiger partial charge in [-0.15, -0.1) is 0 Å². The topological polar surface area (TPSA) is 40.7 Å². The lowest BCUT2D eigenvalue weighted by Gasteiger charge is -2.08. The maximum Gasteiger partial charge on any atom is 0.124 e. The number of benzene rings is 2. The molecule has 0 saturated carbocycles. The van der Waals surface area contributed by atoms with Crippen molar-refractivity contribution in [2.24, 2.45) is 0 Å². The summed E-state index contributed by atoms with van der Waals surface area (Å²) < 4.78 is 12.9. The Kier molecular flexibility index (Phi) is 3.09. The third kappa shape index (κ3) is 2.53. The van der Waals surface area contributed by atoms with E-state index < -0.39 is 0 Å². The first-order valence-corrected chi connectivity index (χ1v) is 6.21. The number of nitrogens with one attached hydrogen (secondary N) is 2. The van der Waals surface area contributed by atoms with Gasteiger partial charge >= 0.3 is 0 Å². The second-order valence-corrected chi connectivity index (χ2v) is 4.67. The lowest BCUT2D eigenvalue weighted by atomic mass is 10.2. The molecule has 0 aliphatic rings. The standard InChI is InChI=1S/C14H11ClFN3/c15-13-6-11(16)2-1-9(13)7-17-12-3-4-14-10(5-12)8-18-19-14/h1-6,8,17H,7H2,(H,18,19). The highest BCUT2D eigenvalue weighted by Crippen LogP contribution is 2.20. The maximum absolute atomic E-state index is 12.9. The van der Waals surface area contributed by atoms with Crippen molar-refractivity contribution in [3.8, 4) is 0 Å². The molecule has 0 fully saturated rings. The van der Waals surface area contributed by atoms with Gasteiger partial charge in [0.15, 0.2) is 0 Å². The SMILES string of the molecule is Fc1ccc(CNc2ccc3[nH]ncc3c2)c(Cl)c1. The molecule has 1 heterocycles. The second kappa shape index (κ2) is 4.90. The molecule has 0 atom stereocenters. The molecular formula is C14H11ClFN3. The van der Waals surface area contributed by atoms with Gasteiger partial charge in [-0.2, -0.15) is 5.10 Å². The van der Waals surface area contributed by atoms with Crippen LogP contribution in [0.2, 0.25) is 5.02 Å². The number of anilines is 1. The minimum Gasteiger partial charge on any atom is -0.381 e. The van der Waals surface area contributed by atoms with Crippen molar-refractivity contribution >= 4 is 28.2 Å². The quantitative estimate of drug-likeness (QED) is 0.759. The average Bonchev–Trinajstić information content (AvgIpc) is 2.85. The highest BCUT2D eigenvalue weighted by molar-refractivity contribution is 6.31. The lowest BCUT2D eigenvalue weighted by molar-refractivity contribution is 0.627. The van der Waals surface area contributed by atoms with Crippen LogP contribution in [0.5, 0.6) is 0 Å². The summed E-state index contributed by atoms with van der Waals surface area (Å²) in [4.78, 5) is 0. The van der Waals surface area contributed by atoms with Gasteiger partial charge in [0.1, 0.15) is 5.82 Å². The van der Waals surface area contributed by atoms with Crippen molar-refractivity contribution in [3.05, 3.63) is 59.0 Å². The Labute approximate surface area is 114 Å². The molecule has 19 heavy (non-hydrogen) atoms. The number of fused-ring (bicyclic) bond motifs is 1. The maximum atomic E-state index is 12.9. The van der Waals surface area contributed by atoms with E-state index in [1.165, 1.54) is 12.1 Å². The molecule has 0 radical (unpaired) electrons. The molecule has 0 saturated heterocycles. The molecule has 1 aromatic heterocycles. The van der Waals surface area contributed by atoms with Crippen LogP contribution < -0.4 is 5.32 Å². The molecule has 96 valence electrons. The molecule has 0 bridgehead atoms. The summed E-state index contributed by atoms with van der Waals surface area (Å²) in [6.45, 7) is 0.544. The fourth-order valence-corrected chi connectivity index (χ4v) is 2.15. The van der Waals surface area contributed by atoms with Crippen LogP contribution in [0.1, 0.15) is 5.56 Å². The van der Waals surface area contributed by atoms with E-state index >= 15 is 0 Å². The molecule has 2 N–H and O–H groups in total. The summed E-state index contributed by atoms with van der Waals surface area (Å²) in [5.74, 6) is -0.325. The van der Waals surface area contributed by atoms with E-state index in [4.69, 9.17) is 11.6 Å². The number of halogens is 2. The van der Waals surface area contributed by atoms with Gasteiger partial charge < -0.3 is 5.32 Å². The van der Waals surface area contributed by atoms with Crippen molar-refractivity contribution in [1.82, 2.24) is 10.2 Å². The molecule has 0 unspecified atom stereocenters. The molecule has 0 amide bonds. The molecule has 3 rings (SSSR count). The zero-order valence-corrected chi connectivity index (χ0v) is 10.7. The molecule has 0 aliphatic carbocycles. The molecule has 0 aliphatic heterocycles. The molecule has 2 aromatic carbocycles. The van der Waals surface area contributed by atoms with E-state index in [0.717, 1.165) is 22.2 Å². The van der Waals surface area contributed by atoms with Crippen LogP contribution in [-0.2, 0) is 6.54 Å². The van der Waals surface area contributed by atoms with Gasteiger partial charge in [-0.1, -0.05) is 17.7 Å². The summed E-state index contributed by atoms with van der Waals surface area (Å²) in [6, 6.07) is 10.3. The van der Waals surface area contributed by atoms with Crippen LogP contribution in [0.15, 0.2) is 42.6 Å². The predicted molar refractivity (Wildman–Crippen MR) is 74.8 cm³/mol. The molecular weight excluding hydrogens is 265 g/mol. The Hall–Kier alpha value is -2.07. The van der Waals surface area contributed by atoms with Crippen molar-refractivity contribution in [3.63, 3.8) is 0 Å². The number of aromatic nitrogens is 2. The van der Waals surface area contributed by atoms with Crippen LogP contribution in [0.25, 0.3) is 10.9 Å². The summed E-state index contributed by atoms with van der Waals surface area (Å²) in [6.07, 6.45) is 1.77. The average molecular weight is 276 g/mol. The molecule has 3 nitrogen and oxygen atoms in total. The summed E-state index contributed by atoms with van der Waals surface area (Å²) in [7, 11) is 0. The van der Waals surface area contributed by atoms with Gasteiger partial charge in [-0.25, -0.2) is 4.39 Å². The highest BCUT2D eigenvalue weighted by atomic mass is 35.5. The van der Waals surface area contributed by atoms with Gasteiger partial charge in [0.25, 0.3) is 0 Å². The molecule has 5 heteroatoms. The summed E-state index contributed by atoms with van der Waals surface area (Å²) in [5, 5.41) is 11.6. The monoisotopic (exact) mass is 275 g/mol. The Morgan fingerprint density at radius 2 is 2.11 bits per heavy atom. The minimum atomic E-state index is -0.325. The number of rotatable bonds is 3. The van der Waals surface area contributed by atoms with Crippen LogP contribution in [0, 0.1) is 5.82 Å². The van der Waals surface area contributed by atoms with Crippen molar-refractivity contribution < 1.29 is 4.39 Å². The van der Waals surface area contributed by atoms with E-state index in [2.05, 4.69) is 15.5 Å². The zero-order chi connectivity index (χ0) is 13.2. The lowest BCUT2D eigenvalue weighted by Crippen LogP contribution is -2.00. The normalized spacial score (nSPS) is 10.8. The third-order valence-corrected chi connectivity index (χ3v) is 3.29. The van der Waals surface area contributed by atoms with E-state index in [1.54, 1.807) is 12.3 Å². The van der Waals surface area contributed by atoms with Gasteiger partial charge in [0, 0.05) is 22.6 Å². The fourth-order valence-electron chi connectivity index (χ4n) is 1.92. The van der Waals surface area contributed by atoms with E-state index in [1.807, 2.05) is 18.2 Å². The number of nitrogens with zero attached hydrogens (tertiary/aromatic N) is 1. The molecule has 0 spiro atoms. The third-order valence-electron chi connectivity index (χ3n) is 2.94. The summed E-state index contributed by atoms with van der Waals surface area (Å²) in [5.41, 5.74) is 2.81. The number of hydrogen-bond acceptors (Lipinski definition) is 2. The Bertz CT molecular complexity index is 724. The van der Waals surface area contributed by atoms with Crippen molar-refractivity contribution in [1.29, 1.82) is 0 Å². The number of aromatic amines is 1. The Balaban J connectivity index is 1.77. The van der Waals surface area contributed by atoms with Gasteiger partial charge in [0.2, 0.25) is 0 Å². The van der Waals surface area contributed by atoms with Crippen molar-refractivity contribution in [2.75, 3.05) is 5.32 Å². The second-order valence-electron chi connectivity index (χ2n) is 4.26. The number of H-pyrrole nitrogens is 1. The first-order chi connectivity index (χ1) is 9.22. The van der Waals surface area contributed by atoms with E-state index in [-0.39, 0.29) is 5.82 Å². The van der Waals surface area contributed by atoms with Gasteiger partial charge in [-0.3, -0.25) is 5.10 Å². The van der Waals surface area contributed by atoms with E-state index in [9.17, 15) is 4.39 Å².